The third-order valence-corrected chi connectivity index (χ3v) is 6.68. The standard InChI is InChI=1S/C19H22O3/c1-19-9-8-14-13-4-3-12(18(21)22)10-11(13)2-5-15(14)16(19)6-7-17(19)20/h3-4,10,14-16H,2,5-9H2,1H3,(H,21,22)/t14?,15?,16?,19-/m0/s1. The van der Waals surface area contributed by atoms with Crippen LogP contribution in [0, 0.1) is 17.3 Å². The third kappa shape index (κ3) is 1.81. The molecule has 0 amide bonds. The fourth-order valence-corrected chi connectivity index (χ4v) is 5.49. The van der Waals surface area contributed by atoms with Gasteiger partial charge in [0.2, 0.25) is 0 Å². The number of hydrogen-bond acceptors (Lipinski definition) is 2. The summed E-state index contributed by atoms with van der Waals surface area (Å²) in [5.74, 6) is 1.29. The lowest BCUT2D eigenvalue weighted by Crippen LogP contribution is -2.42. The molecule has 1 aromatic rings. The number of benzene rings is 1. The van der Waals surface area contributed by atoms with Gasteiger partial charge >= 0.3 is 5.97 Å². The number of fused-ring (bicyclic) bond motifs is 5. The van der Waals surface area contributed by atoms with Gasteiger partial charge in [-0.3, -0.25) is 4.79 Å². The van der Waals surface area contributed by atoms with Crippen LogP contribution in [0.1, 0.15) is 66.4 Å². The molecule has 0 bridgehead atoms. The largest absolute Gasteiger partial charge is 0.478 e. The van der Waals surface area contributed by atoms with Crippen molar-refractivity contribution in [1.29, 1.82) is 0 Å². The molecular weight excluding hydrogens is 276 g/mol. The zero-order valence-corrected chi connectivity index (χ0v) is 13.0. The van der Waals surface area contributed by atoms with Gasteiger partial charge in [0, 0.05) is 11.8 Å². The first kappa shape index (κ1) is 14.0. The lowest BCUT2D eigenvalue weighted by Gasteiger charge is -2.48. The Morgan fingerprint density at radius 1 is 1.23 bits per heavy atom. The van der Waals surface area contributed by atoms with Crippen LogP contribution in [0.5, 0.6) is 0 Å². The quantitative estimate of drug-likeness (QED) is 0.857. The third-order valence-electron chi connectivity index (χ3n) is 6.68. The van der Waals surface area contributed by atoms with Gasteiger partial charge in [-0.25, -0.2) is 4.79 Å². The van der Waals surface area contributed by atoms with Gasteiger partial charge in [-0.15, -0.1) is 0 Å². The number of carbonyl (C=O) groups excluding carboxylic acids is 1. The van der Waals surface area contributed by atoms with Gasteiger partial charge in [-0.1, -0.05) is 13.0 Å². The Morgan fingerprint density at radius 2 is 2.05 bits per heavy atom. The van der Waals surface area contributed by atoms with Crippen LogP contribution in [-0.2, 0) is 11.2 Å². The average molecular weight is 298 g/mol. The van der Waals surface area contributed by atoms with E-state index in [0.29, 0.717) is 29.1 Å². The van der Waals surface area contributed by atoms with Crippen LogP contribution in [0.15, 0.2) is 18.2 Å². The van der Waals surface area contributed by atoms with Gasteiger partial charge in [0.1, 0.15) is 5.78 Å². The van der Waals surface area contributed by atoms with Crippen molar-refractivity contribution in [2.24, 2.45) is 17.3 Å². The maximum absolute atomic E-state index is 12.3. The van der Waals surface area contributed by atoms with Gasteiger partial charge in [0.25, 0.3) is 0 Å². The fourth-order valence-electron chi connectivity index (χ4n) is 5.49. The number of rotatable bonds is 1. The normalized spacial score (nSPS) is 36.4. The van der Waals surface area contributed by atoms with Crippen molar-refractivity contribution in [2.75, 3.05) is 0 Å². The molecule has 1 N–H and O–H groups in total. The van der Waals surface area contributed by atoms with Crippen molar-refractivity contribution in [3.8, 4) is 0 Å². The van der Waals surface area contributed by atoms with Gasteiger partial charge < -0.3 is 5.11 Å². The van der Waals surface area contributed by atoms with E-state index in [9.17, 15) is 9.59 Å². The molecule has 0 aliphatic heterocycles. The van der Waals surface area contributed by atoms with Crippen molar-refractivity contribution >= 4 is 11.8 Å². The highest BCUT2D eigenvalue weighted by Gasteiger charge is 2.54. The zero-order chi connectivity index (χ0) is 15.5. The predicted octanol–water partition coefficient (Wildman–Crippen LogP) is 3.81. The summed E-state index contributed by atoms with van der Waals surface area (Å²) < 4.78 is 0. The molecule has 22 heavy (non-hydrogen) atoms. The molecule has 116 valence electrons. The summed E-state index contributed by atoms with van der Waals surface area (Å²) in [4.78, 5) is 23.5. The molecule has 0 spiro atoms. The Hall–Kier alpha value is -1.64. The summed E-state index contributed by atoms with van der Waals surface area (Å²) in [6.07, 6.45) is 5.95. The number of aromatic carboxylic acids is 1. The minimum absolute atomic E-state index is 0.0837. The van der Waals surface area contributed by atoms with Crippen LogP contribution in [-0.4, -0.2) is 16.9 Å². The molecular formula is C19H22O3. The molecule has 3 aliphatic carbocycles. The summed E-state index contributed by atoms with van der Waals surface area (Å²) in [7, 11) is 0. The Balaban J connectivity index is 1.70. The summed E-state index contributed by atoms with van der Waals surface area (Å²) in [6, 6.07) is 5.65. The predicted molar refractivity (Wildman–Crippen MR) is 83.0 cm³/mol. The second-order valence-electron chi connectivity index (χ2n) is 7.55. The van der Waals surface area contributed by atoms with E-state index in [0.717, 1.165) is 38.5 Å². The van der Waals surface area contributed by atoms with E-state index in [-0.39, 0.29) is 5.41 Å². The van der Waals surface area contributed by atoms with Crippen LogP contribution in [0.2, 0.25) is 0 Å². The van der Waals surface area contributed by atoms with Crippen LogP contribution < -0.4 is 0 Å². The minimum atomic E-state index is -0.845. The van der Waals surface area contributed by atoms with Crippen LogP contribution in [0.25, 0.3) is 0 Å². The molecule has 3 heteroatoms. The highest BCUT2D eigenvalue weighted by molar-refractivity contribution is 5.88. The van der Waals surface area contributed by atoms with Gasteiger partial charge in [0.15, 0.2) is 0 Å². The molecule has 2 fully saturated rings. The summed E-state index contributed by atoms with van der Waals surface area (Å²) in [5.41, 5.74) is 2.88. The van der Waals surface area contributed by atoms with E-state index in [1.54, 1.807) is 6.07 Å². The minimum Gasteiger partial charge on any atom is -0.478 e. The number of aryl methyl sites for hydroxylation is 1. The second-order valence-corrected chi connectivity index (χ2v) is 7.55. The van der Waals surface area contributed by atoms with E-state index in [4.69, 9.17) is 5.11 Å². The zero-order valence-electron chi connectivity index (χ0n) is 13.0. The Morgan fingerprint density at radius 3 is 2.82 bits per heavy atom. The van der Waals surface area contributed by atoms with Crippen LogP contribution in [0.3, 0.4) is 0 Å². The first-order valence-electron chi connectivity index (χ1n) is 8.40. The van der Waals surface area contributed by atoms with Crippen LogP contribution in [0.4, 0.5) is 0 Å². The number of hydrogen-bond donors (Lipinski definition) is 1. The molecule has 0 radical (unpaired) electrons. The van der Waals surface area contributed by atoms with E-state index in [1.807, 2.05) is 12.1 Å². The lowest BCUT2D eigenvalue weighted by atomic mass is 9.55. The van der Waals surface area contributed by atoms with E-state index in [1.165, 1.54) is 11.1 Å². The lowest BCUT2D eigenvalue weighted by molar-refractivity contribution is -0.129. The summed E-state index contributed by atoms with van der Waals surface area (Å²) in [5, 5.41) is 9.17. The molecule has 1 aromatic carbocycles. The highest BCUT2D eigenvalue weighted by Crippen LogP contribution is 2.59. The smallest absolute Gasteiger partial charge is 0.335 e. The van der Waals surface area contributed by atoms with Gasteiger partial charge in [-0.05, 0) is 73.1 Å². The maximum Gasteiger partial charge on any atom is 0.335 e. The Labute approximate surface area is 130 Å². The van der Waals surface area contributed by atoms with Crippen LogP contribution >= 0.6 is 0 Å². The molecule has 2 saturated carbocycles. The fraction of sp³-hybridized carbons (Fsp3) is 0.579. The average Bonchev–Trinajstić information content (AvgIpc) is 2.82. The second kappa shape index (κ2) is 4.68. The van der Waals surface area contributed by atoms with Crippen molar-refractivity contribution in [3.05, 3.63) is 34.9 Å². The number of carboxylic acids is 1. The van der Waals surface area contributed by atoms with Crippen molar-refractivity contribution in [3.63, 3.8) is 0 Å². The van der Waals surface area contributed by atoms with Crippen molar-refractivity contribution in [1.82, 2.24) is 0 Å². The molecule has 4 atom stereocenters. The monoisotopic (exact) mass is 298 g/mol. The van der Waals surface area contributed by atoms with Gasteiger partial charge in [-0.2, -0.15) is 0 Å². The summed E-state index contributed by atoms with van der Waals surface area (Å²) in [6.45, 7) is 2.19. The van der Waals surface area contributed by atoms with E-state index >= 15 is 0 Å². The number of Topliss-reactive ketones (excluding diaryl/α,β-unsaturated/α-hetero) is 1. The Kier molecular flexibility index (Phi) is 2.97. The van der Waals surface area contributed by atoms with Crippen molar-refractivity contribution < 1.29 is 14.7 Å². The molecule has 3 unspecified atom stereocenters. The van der Waals surface area contributed by atoms with E-state index in [2.05, 4.69) is 6.92 Å². The number of carboxylic acid groups (broad SMARTS) is 1. The molecule has 3 nitrogen and oxygen atoms in total. The number of carbonyl (C=O) groups is 2. The van der Waals surface area contributed by atoms with Crippen molar-refractivity contribution in [2.45, 2.75) is 51.4 Å². The molecule has 0 aromatic heterocycles. The maximum atomic E-state index is 12.3. The Bertz CT molecular complexity index is 663. The molecule has 0 heterocycles. The topological polar surface area (TPSA) is 54.4 Å². The van der Waals surface area contributed by atoms with Gasteiger partial charge in [0.05, 0.1) is 5.56 Å². The SMILES string of the molecule is C[C@]12CCC3c4ccc(C(=O)O)cc4CCC3C1CCC2=O. The molecule has 4 rings (SSSR count). The first-order chi connectivity index (χ1) is 10.5. The molecule has 0 saturated heterocycles. The van der Waals surface area contributed by atoms with E-state index < -0.39 is 5.97 Å². The number of ketones is 1. The molecule has 3 aliphatic rings. The summed E-state index contributed by atoms with van der Waals surface area (Å²) >= 11 is 0. The first-order valence-corrected chi connectivity index (χ1v) is 8.40. The highest BCUT2D eigenvalue weighted by atomic mass is 16.4.